The fourth-order valence-corrected chi connectivity index (χ4v) is 4.80. The van der Waals surface area contributed by atoms with Gasteiger partial charge in [0.05, 0.1) is 18.6 Å². The molecule has 2 aromatic rings. The summed E-state index contributed by atoms with van der Waals surface area (Å²) in [5.74, 6) is 0.312. The summed E-state index contributed by atoms with van der Waals surface area (Å²) < 4.78 is 32.8. The summed E-state index contributed by atoms with van der Waals surface area (Å²) in [6.45, 7) is -0.0763. The van der Waals surface area contributed by atoms with Crippen LogP contribution in [0.5, 0.6) is 5.75 Å². The van der Waals surface area contributed by atoms with E-state index in [0.717, 1.165) is 31.2 Å². The van der Waals surface area contributed by atoms with E-state index < -0.39 is 10.0 Å². The summed E-state index contributed by atoms with van der Waals surface area (Å²) in [4.78, 5) is 12.7. The van der Waals surface area contributed by atoms with Crippen molar-refractivity contribution in [1.82, 2.24) is 9.62 Å². The van der Waals surface area contributed by atoms with Gasteiger partial charge in [-0.2, -0.15) is 4.31 Å². The molecule has 150 valence electrons. The number of nitrogens with zero attached hydrogens (tertiary/aromatic N) is 1. The molecule has 1 N–H and O–H groups in total. The molecule has 3 rings (SSSR count). The number of benzene rings is 2. The molecule has 0 heterocycles. The molecule has 1 aliphatic rings. The highest BCUT2D eigenvalue weighted by atomic mass is 32.2. The number of nitrogens with one attached hydrogen (secondary N) is 1. The first-order valence-electron chi connectivity index (χ1n) is 9.46. The van der Waals surface area contributed by atoms with Crippen LogP contribution in [0.4, 0.5) is 0 Å². The first-order valence-corrected chi connectivity index (χ1v) is 10.9. The van der Waals surface area contributed by atoms with E-state index in [4.69, 9.17) is 4.74 Å². The van der Waals surface area contributed by atoms with Gasteiger partial charge in [0.15, 0.2) is 0 Å². The van der Waals surface area contributed by atoms with Crippen LogP contribution in [0.15, 0.2) is 59.5 Å². The van der Waals surface area contributed by atoms with E-state index in [-0.39, 0.29) is 29.9 Å². The molecule has 28 heavy (non-hydrogen) atoms. The van der Waals surface area contributed by atoms with E-state index in [1.54, 1.807) is 12.1 Å². The van der Waals surface area contributed by atoms with E-state index in [1.807, 2.05) is 30.3 Å². The second-order valence-corrected chi connectivity index (χ2v) is 8.92. The molecule has 0 radical (unpaired) electrons. The van der Waals surface area contributed by atoms with Gasteiger partial charge in [0.2, 0.25) is 15.9 Å². The Bertz CT molecular complexity index is 876. The number of sulfonamides is 1. The number of methoxy groups -OCH3 is 1. The maximum Gasteiger partial charge on any atom is 0.243 e. The van der Waals surface area contributed by atoms with Crippen molar-refractivity contribution in [3.8, 4) is 5.75 Å². The highest BCUT2D eigenvalue weighted by molar-refractivity contribution is 7.89. The summed E-state index contributed by atoms with van der Waals surface area (Å²) in [5.41, 5.74) is 0.827. The minimum absolute atomic E-state index is 0.132. The predicted octanol–water partition coefficient (Wildman–Crippen LogP) is 2.94. The van der Waals surface area contributed by atoms with Crippen LogP contribution in [0.25, 0.3) is 0 Å². The van der Waals surface area contributed by atoms with E-state index >= 15 is 0 Å². The molecule has 7 heteroatoms. The van der Waals surface area contributed by atoms with Crippen LogP contribution in [0.1, 0.15) is 31.2 Å². The van der Waals surface area contributed by atoms with Crippen molar-refractivity contribution in [3.05, 3.63) is 60.2 Å². The largest absolute Gasteiger partial charge is 0.497 e. The average molecular weight is 403 g/mol. The number of hydrogen-bond acceptors (Lipinski definition) is 4. The van der Waals surface area contributed by atoms with E-state index in [2.05, 4.69) is 5.32 Å². The van der Waals surface area contributed by atoms with Gasteiger partial charge in [-0.3, -0.25) is 4.79 Å². The monoisotopic (exact) mass is 402 g/mol. The summed E-state index contributed by atoms with van der Waals surface area (Å²) in [6.07, 6.45) is 4.11. The van der Waals surface area contributed by atoms with Gasteiger partial charge in [0.1, 0.15) is 5.75 Å². The van der Waals surface area contributed by atoms with Crippen LogP contribution in [-0.2, 0) is 21.4 Å². The van der Waals surface area contributed by atoms with Crippen molar-refractivity contribution in [1.29, 1.82) is 0 Å². The quantitative estimate of drug-likeness (QED) is 0.737. The Morgan fingerprint density at radius 1 is 1.07 bits per heavy atom. The van der Waals surface area contributed by atoms with E-state index in [9.17, 15) is 13.2 Å². The SMILES string of the molecule is COc1ccc(S(=O)(=O)N(CC(=O)NC2CCCC2)Cc2ccccc2)cc1. The van der Waals surface area contributed by atoms with E-state index in [1.165, 1.54) is 23.5 Å². The van der Waals surface area contributed by atoms with Gasteiger partial charge in [-0.1, -0.05) is 43.2 Å². The number of ether oxygens (including phenoxy) is 1. The lowest BCUT2D eigenvalue weighted by atomic mass is 10.2. The zero-order chi connectivity index (χ0) is 20.0. The maximum atomic E-state index is 13.2. The molecule has 0 aromatic heterocycles. The third-order valence-corrected chi connectivity index (χ3v) is 6.75. The van der Waals surface area contributed by atoms with Crippen LogP contribution in [0.2, 0.25) is 0 Å². The molecule has 2 aromatic carbocycles. The standard InChI is InChI=1S/C21H26N2O4S/c1-27-19-11-13-20(14-12-19)28(25,26)23(15-17-7-3-2-4-8-17)16-21(24)22-18-9-5-6-10-18/h2-4,7-8,11-14,18H,5-6,9-10,15-16H2,1H3,(H,22,24). The molecule has 0 spiro atoms. The van der Waals surface area contributed by atoms with Gasteiger partial charge >= 0.3 is 0 Å². The van der Waals surface area contributed by atoms with Crippen molar-refractivity contribution >= 4 is 15.9 Å². The van der Waals surface area contributed by atoms with Gasteiger partial charge in [0, 0.05) is 12.6 Å². The Hall–Kier alpha value is -2.38. The highest BCUT2D eigenvalue weighted by Gasteiger charge is 2.28. The summed E-state index contributed by atoms with van der Waals surface area (Å²) in [5, 5.41) is 2.97. The molecule has 1 amide bonds. The number of carbonyl (C=O) groups excluding carboxylic acids is 1. The van der Waals surface area contributed by atoms with Gasteiger partial charge < -0.3 is 10.1 Å². The second-order valence-electron chi connectivity index (χ2n) is 6.98. The Morgan fingerprint density at radius 3 is 2.32 bits per heavy atom. The molecule has 1 aliphatic carbocycles. The number of amides is 1. The summed E-state index contributed by atoms with van der Waals surface area (Å²) >= 11 is 0. The van der Waals surface area contributed by atoms with Gasteiger partial charge in [0.25, 0.3) is 0 Å². The van der Waals surface area contributed by atoms with Crippen LogP contribution in [0.3, 0.4) is 0 Å². The first kappa shape index (κ1) is 20.4. The molecule has 0 unspecified atom stereocenters. The van der Waals surface area contributed by atoms with Crippen molar-refractivity contribution in [2.24, 2.45) is 0 Å². The zero-order valence-corrected chi connectivity index (χ0v) is 16.8. The molecule has 0 saturated heterocycles. The molecule has 1 fully saturated rings. The molecule has 6 nitrogen and oxygen atoms in total. The molecule has 1 saturated carbocycles. The molecule has 0 aliphatic heterocycles. The normalized spacial score (nSPS) is 14.9. The zero-order valence-electron chi connectivity index (χ0n) is 16.0. The fourth-order valence-electron chi connectivity index (χ4n) is 3.41. The predicted molar refractivity (Wildman–Crippen MR) is 107 cm³/mol. The van der Waals surface area contributed by atoms with Gasteiger partial charge in [-0.25, -0.2) is 8.42 Å². The van der Waals surface area contributed by atoms with Crippen molar-refractivity contribution in [3.63, 3.8) is 0 Å². The molecule has 0 atom stereocenters. The summed E-state index contributed by atoms with van der Waals surface area (Å²) in [7, 11) is -2.31. The highest BCUT2D eigenvalue weighted by Crippen LogP contribution is 2.22. The van der Waals surface area contributed by atoms with Crippen molar-refractivity contribution < 1.29 is 17.9 Å². The smallest absolute Gasteiger partial charge is 0.243 e. The minimum Gasteiger partial charge on any atom is -0.497 e. The van der Waals surface area contributed by atoms with Crippen LogP contribution in [-0.4, -0.2) is 38.3 Å². The number of rotatable bonds is 8. The third kappa shape index (κ3) is 5.11. The molecule has 0 bridgehead atoms. The lowest BCUT2D eigenvalue weighted by Gasteiger charge is -2.23. The van der Waals surface area contributed by atoms with Gasteiger partial charge in [-0.15, -0.1) is 0 Å². The van der Waals surface area contributed by atoms with Crippen LogP contribution < -0.4 is 10.1 Å². The van der Waals surface area contributed by atoms with Crippen LogP contribution >= 0.6 is 0 Å². The fraction of sp³-hybridized carbons (Fsp3) is 0.381. The number of carbonyl (C=O) groups is 1. The van der Waals surface area contributed by atoms with Crippen molar-refractivity contribution in [2.75, 3.05) is 13.7 Å². The summed E-state index contributed by atoms with van der Waals surface area (Å²) in [6, 6.07) is 15.6. The Labute approximate surface area is 166 Å². The van der Waals surface area contributed by atoms with Crippen LogP contribution in [0, 0.1) is 0 Å². The Morgan fingerprint density at radius 2 is 1.71 bits per heavy atom. The maximum absolute atomic E-state index is 13.2. The second kappa shape index (κ2) is 9.21. The topological polar surface area (TPSA) is 75.7 Å². The van der Waals surface area contributed by atoms with Crippen molar-refractivity contribution in [2.45, 2.75) is 43.2 Å². The Balaban J connectivity index is 1.82. The lowest BCUT2D eigenvalue weighted by Crippen LogP contribution is -2.43. The average Bonchev–Trinajstić information content (AvgIpc) is 3.21. The number of hydrogen-bond donors (Lipinski definition) is 1. The van der Waals surface area contributed by atoms with E-state index in [0.29, 0.717) is 5.75 Å². The first-order chi connectivity index (χ1) is 13.5. The molecular weight excluding hydrogens is 376 g/mol. The third-order valence-electron chi connectivity index (χ3n) is 4.94. The van der Waals surface area contributed by atoms with Gasteiger partial charge in [-0.05, 0) is 42.7 Å². The lowest BCUT2D eigenvalue weighted by molar-refractivity contribution is -0.122. The molecular formula is C21H26N2O4S. The Kier molecular flexibility index (Phi) is 6.70. The minimum atomic E-state index is -3.84.